The Balaban J connectivity index is 0.000000182. The predicted octanol–water partition coefficient (Wildman–Crippen LogP) is 11.1. The zero-order valence-corrected chi connectivity index (χ0v) is 44.3. The number of carbonyl (C=O) groups excluding carboxylic acids is 2. The zero-order chi connectivity index (χ0) is 52.0. The first-order valence-electron chi connectivity index (χ1n) is 26.6. The van der Waals surface area contributed by atoms with E-state index in [1.165, 1.54) is 22.3 Å². The predicted molar refractivity (Wildman–Crippen MR) is 292 cm³/mol. The number of ether oxygens (including phenoxy) is 2. The van der Waals surface area contributed by atoms with Crippen molar-refractivity contribution < 1.29 is 38.9 Å². The lowest BCUT2D eigenvalue weighted by Crippen LogP contribution is -2.46. The van der Waals surface area contributed by atoms with Crippen LogP contribution in [0.1, 0.15) is 122 Å². The highest BCUT2D eigenvalue weighted by molar-refractivity contribution is 6.31. The summed E-state index contributed by atoms with van der Waals surface area (Å²) in [5, 5.41) is 21.7. The van der Waals surface area contributed by atoms with E-state index in [9.17, 15) is 29.4 Å². The van der Waals surface area contributed by atoms with Crippen LogP contribution in [0.4, 0.5) is 11.4 Å². The minimum absolute atomic E-state index is 0.0720. The van der Waals surface area contributed by atoms with Gasteiger partial charge in [-0.15, -0.1) is 0 Å². The van der Waals surface area contributed by atoms with Gasteiger partial charge in [0.15, 0.2) is 0 Å². The third kappa shape index (κ3) is 11.8. The number of allylic oxidation sites excluding steroid dienone is 2. The Labute approximate surface area is 445 Å². The summed E-state index contributed by atoms with van der Waals surface area (Å²) in [6.45, 7) is 5.42. The lowest BCUT2D eigenvalue weighted by Gasteiger charge is -2.41. The van der Waals surface area contributed by atoms with Crippen LogP contribution in [0, 0.1) is 0 Å². The van der Waals surface area contributed by atoms with Gasteiger partial charge in [-0.1, -0.05) is 71.8 Å². The van der Waals surface area contributed by atoms with E-state index in [-0.39, 0.29) is 35.5 Å². The van der Waals surface area contributed by atoms with E-state index in [1.54, 1.807) is 23.9 Å². The summed E-state index contributed by atoms with van der Waals surface area (Å²) in [7, 11) is 3.45. The van der Waals surface area contributed by atoms with Gasteiger partial charge in [0.25, 0.3) is 0 Å². The van der Waals surface area contributed by atoms with E-state index in [1.807, 2.05) is 60.7 Å². The van der Waals surface area contributed by atoms with Crippen LogP contribution < -0.4 is 19.3 Å². The molecule has 4 heterocycles. The Kier molecular flexibility index (Phi) is 16.6. The van der Waals surface area contributed by atoms with Crippen LogP contribution in [-0.2, 0) is 42.8 Å². The van der Waals surface area contributed by atoms with Crippen molar-refractivity contribution in [1.29, 1.82) is 0 Å². The van der Waals surface area contributed by atoms with E-state index >= 15 is 0 Å². The van der Waals surface area contributed by atoms with E-state index in [4.69, 9.17) is 32.7 Å². The molecule has 2 spiro atoms. The molecule has 1 unspecified atom stereocenters. The number of nitrogens with zero attached hydrogens (tertiary/aromatic N) is 4. The van der Waals surface area contributed by atoms with Crippen molar-refractivity contribution in [1.82, 2.24) is 9.80 Å². The number of carboxylic acid groups (broad SMARTS) is 2. The number of fused-ring (bicyclic) bond motifs is 6. The second-order valence-electron chi connectivity index (χ2n) is 21.4. The van der Waals surface area contributed by atoms with Gasteiger partial charge in [-0.05, 0) is 159 Å². The number of carboxylic acids is 2. The molecule has 0 saturated carbocycles. The number of aliphatic carboxylic acids is 2. The van der Waals surface area contributed by atoms with Gasteiger partial charge in [-0.2, -0.15) is 0 Å². The quantitative estimate of drug-likeness (QED) is 0.187. The topological polar surface area (TPSA) is 140 Å². The highest BCUT2D eigenvalue weighted by atomic mass is 35.5. The van der Waals surface area contributed by atoms with Crippen LogP contribution in [0.3, 0.4) is 0 Å². The molecule has 2 N–H and O–H groups in total. The second-order valence-corrected chi connectivity index (χ2v) is 22.3. The molecule has 4 bridgehead atoms. The molecule has 0 saturated heterocycles. The lowest BCUT2D eigenvalue weighted by molar-refractivity contribution is -0.142. The molecule has 4 aromatic rings. The van der Waals surface area contributed by atoms with Crippen molar-refractivity contribution in [2.45, 2.75) is 113 Å². The van der Waals surface area contributed by atoms with Crippen molar-refractivity contribution in [3.63, 3.8) is 0 Å². The van der Waals surface area contributed by atoms with Crippen molar-refractivity contribution in [2.24, 2.45) is 0 Å². The number of carbonyl (C=O) groups is 4. The Hall–Kier alpha value is -5.98. The summed E-state index contributed by atoms with van der Waals surface area (Å²) >= 11 is 12.7. The molecule has 12 nitrogen and oxygen atoms in total. The number of rotatable bonds is 2. The average Bonchev–Trinajstić information content (AvgIpc) is 3.63. The standard InChI is InChI=1S/2C30H35ClN2O4/c2*1-32-14-5-3-2-4-6-15-33-19-30(13-7-8-22-16-23(31)10-11-25(22)30)20-37-27-12-9-21(17-26(27)33)24(29(35)36)18-28(32)34/h2*3,5,9-12,16-17,24H,2,4,6-8,13-15,18-20H2,1H3,(H,35,36)/b2*5-3+/t24?,30-;24-,30+/m01/s1. The molecular weight excluding hydrogens is 976 g/mol. The fourth-order valence-corrected chi connectivity index (χ4v) is 12.5. The van der Waals surface area contributed by atoms with E-state index < -0.39 is 23.8 Å². The van der Waals surface area contributed by atoms with Gasteiger partial charge in [0.05, 0.1) is 36.4 Å². The summed E-state index contributed by atoms with van der Waals surface area (Å²) in [6, 6.07) is 23.8. The molecule has 392 valence electrons. The third-order valence-corrected chi connectivity index (χ3v) is 16.8. The maximum absolute atomic E-state index is 12.8. The Bertz CT molecular complexity index is 2610. The molecular formula is C60H70Cl2N4O8. The summed E-state index contributed by atoms with van der Waals surface area (Å²) in [4.78, 5) is 58.3. The van der Waals surface area contributed by atoms with E-state index in [0.29, 0.717) is 37.4 Å². The van der Waals surface area contributed by atoms with Crippen molar-refractivity contribution in [2.75, 3.05) is 76.4 Å². The first-order chi connectivity index (χ1) is 35.7. The largest absolute Gasteiger partial charge is 0.490 e. The summed E-state index contributed by atoms with van der Waals surface area (Å²) in [6.07, 6.45) is 20.3. The molecule has 2 aliphatic carbocycles. The smallest absolute Gasteiger partial charge is 0.311 e. The van der Waals surface area contributed by atoms with Crippen LogP contribution in [0.25, 0.3) is 0 Å². The van der Waals surface area contributed by atoms with Crippen molar-refractivity contribution in [3.05, 3.63) is 141 Å². The number of halogens is 2. The summed E-state index contributed by atoms with van der Waals surface area (Å²) in [5.41, 5.74) is 8.02. The number of aryl methyl sites for hydroxylation is 2. The Morgan fingerprint density at radius 3 is 1.42 bits per heavy atom. The molecule has 74 heavy (non-hydrogen) atoms. The molecule has 2 amide bonds. The SMILES string of the molecule is CN1C/C=C/CCCCN2C[C@@]3(CCCc4cc(Cl)ccc43)COc3ccc(cc32)C(C(=O)O)CC1=O.CN1C/C=C/CCCCN2C[C@@]3(CCCc4cc(Cl)ccc43)COc3ccc(cc32)[C@H](C(=O)O)CC1=O. The maximum atomic E-state index is 12.8. The number of anilines is 2. The van der Waals surface area contributed by atoms with Gasteiger partial charge in [0.1, 0.15) is 11.5 Å². The fourth-order valence-electron chi connectivity index (χ4n) is 12.2. The summed E-state index contributed by atoms with van der Waals surface area (Å²) in [5.74, 6) is -2.60. The van der Waals surface area contributed by atoms with Gasteiger partial charge >= 0.3 is 11.9 Å². The first-order valence-corrected chi connectivity index (χ1v) is 27.3. The first kappa shape index (κ1) is 52.9. The molecule has 14 heteroatoms. The van der Waals surface area contributed by atoms with Crippen LogP contribution in [0.15, 0.2) is 97.1 Å². The Morgan fingerprint density at radius 1 is 0.568 bits per heavy atom. The third-order valence-electron chi connectivity index (χ3n) is 16.3. The van der Waals surface area contributed by atoms with Crippen LogP contribution in [-0.4, -0.2) is 110 Å². The number of hydrogen-bond acceptors (Lipinski definition) is 8. The minimum atomic E-state index is -0.989. The number of benzene rings is 4. The monoisotopic (exact) mass is 1040 g/mol. The number of likely N-dealkylation sites (N-methyl/N-ethyl adjacent to an activating group) is 2. The molecule has 6 aliphatic rings. The van der Waals surface area contributed by atoms with Crippen LogP contribution in [0.5, 0.6) is 11.5 Å². The minimum Gasteiger partial charge on any atom is -0.490 e. The van der Waals surface area contributed by atoms with Crippen LogP contribution >= 0.6 is 23.2 Å². The van der Waals surface area contributed by atoms with Gasteiger partial charge in [-0.25, -0.2) is 0 Å². The highest BCUT2D eigenvalue weighted by Crippen LogP contribution is 2.47. The van der Waals surface area contributed by atoms with Crippen molar-refractivity contribution in [3.8, 4) is 11.5 Å². The normalized spacial score (nSPS) is 25.4. The van der Waals surface area contributed by atoms with Crippen molar-refractivity contribution >= 4 is 58.3 Å². The molecule has 0 radical (unpaired) electrons. The molecule has 4 aliphatic heterocycles. The van der Waals surface area contributed by atoms with E-state index in [0.717, 1.165) is 136 Å². The van der Waals surface area contributed by atoms with Crippen LogP contribution in [0.2, 0.25) is 10.0 Å². The average molecular weight is 1050 g/mol. The number of hydrogen-bond donors (Lipinski definition) is 2. The fraction of sp³-hybridized carbons (Fsp3) is 0.467. The van der Waals surface area contributed by atoms with Gasteiger partial charge < -0.3 is 39.3 Å². The Morgan fingerprint density at radius 2 is 1.00 bits per heavy atom. The zero-order valence-electron chi connectivity index (χ0n) is 42.8. The molecule has 4 atom stereocenters. The summed E-state index contributed by atoms with van der Waals surface area (Å²) < 4.78 is 13.0. The van der Waals surface area contributed by atoms with E-state index in [2.05, 4.69) is 46.2 Å². The molecule has 10 rings (SSSR count). The van der Waals surface area contributed by atoms with Gasteiger partial charge in [0, 0.05) is 87.1 Å². The molecule has 4 aromatic carbocycles. The lowest BCUT2D eigenvalue weighted by atomic mass is 9.70. The maximum Gasteiger partial charge on any atom is 0.311 e. The van der Waals surface area contributed by atoms with Gasteiger partial charge in [0.2, 0.25) is 11.8 Å². The second kappa shape index (κ2) is 23.3. The number of amides is 2. The molecule has 0 fully saturated rings. The van der Waals surface area contributed by atoms with Gasteiger partial charge in [-0.3, -0.25) is 19.2 Å². The highest BCUT2D eigenvalue weighted by Gasteiger charge is 2.44. The molecule has 0 aromatic heterocycles.